The topological polar surface area (TPSA) is 43.7 Å². The summed E-state index contributed by atoms with van der Waals surface area (Å²) >= 11 is 0. The summed E-state index contributed by atoms with van der Waals surface area (Å²) in [6, 6.07) is 0. The van der Waals surface area contributed by atoms with Crippen molar-refractivity contribution in [2.24, 2.45) is 0 Å². The first-order valence-electron chi connectivity index (χ1n) is 4.43. The fourth-order valence-electron chi connectivity index (χ4n) is 2.22. The number of hydrogen-bond donors (Lipinski definition) is 2. The average Bonchev–Trinajstić information content (AvgIpc) is 1.80. The van der Waals surface area contributed by atoms with Crippen molar-refractivity contribution in [3.05, 3.63) is 0 Å². The predicted octanol–water partition coefficient (Wildman–Crippen LogP) is 1.39. The average molecular weight is 224 g/mol. The number of rotatable bonds is 0. The van der Waals surface area contributed by atoms with Crippen LogP contribution in [0, 0.1) is 0 Å². The molecule has 1 saturated heterocycles. The van der Waals surface area contributed by atoms with E-state index in [0.29, 0.717) is 12.8 Å². The molecule has 1 heterocycles. The van der Waals surface area contributed by atoms with Crippen LogP contribution in [0.1, 0.15) is 40.5 Å². The van der Waals surface area contributed by atoms with Gasteiger partial charge in [-0.15, -0.1) is 0 Å². The zero-order valence-electron chi connectivity index (χ0n) is 8.78. The first kappa shape index (κ1) is 13.5. The summed E-state index contributed by atoms with van der Waals surface area (Å²) in [5, 5.41) is 20.7. The van der Waals surface area contributed by atoms with E-state index in [2.05, 4.69) is 0 Å². The van der Waals surface area contributed by atoms with Gasteiger partial charge in [-0.25, -0.2) is 0 Å². The van der Waals surface area contributed by atoms with Gasteiger partial charge in [0.1, 0.15) is 0 Å². The monoisotopic (exact) mass is 224 g/mol. The maximum absolute atomic E-state index is 9.80. The molecule has 0 atom stereocenters. The van der Waals surface area contributed by atoms with E-state index < -0.39 is 0 Å². The SMILES string of the molecule is CC1(C)CC(O)CC(C)(C)N1O.[V]. The molecule has 3 nitrogen and oxygen atoms in total. The van der Waals surface area contributed by atoms with Crippen LogP contribution in [-0.2, 0) is 18.6 Å². The van der Waals surface area contributed by atoms with E-state index in [1.54, 1.807) is 0 Å². The van der Waals surface area contributed by atoms with E-state index >= 15 is 0 Å². The Bertz CT molecular complexity index is 164. The second-order valence-electron chi connectivity index (χ2n) is 5.00. The van der Waals surface area contributed by atoms with Gasteiger partial charge in [0.25, 0.3) is 0 Å². The van der Waals surface area contributed by atoms with Crippen LogP contribution in [0.5, 0.6) is 0 Å². The predicted molar refractivity (Wildman–Crippen MR) is 47.0 cm³/mol. The van der Waals surface area contributed by atoms with Crippen molar-refractivity contribution in [1.29, 1.82) is 0 Å². The van der Waals surface area contributed by atoms with Gasteiger partial charge in [-0.3, -0.25) is 0 Å². The zero-order valence-corrected chi connectivity index (χ0v) is 10.2. The van der Waals surface area contributed by atoms with Gasteiger partial charge in [0, 0.05) is 29.6 Å². The van der Waals surface area contributed by atoms with Crippen LogP contribution >= 0.6 is 0 Å². The number of piperidine rings is 1. The fourth-order valence-corrected chi connectivity index (χ4v) is 2.22. The van der Waals surface area contributed by atoms with E-state index in [1.807, 2.05) is 27.7 Å². The van der Waals surface area contributed by atoms with Gasteiger partial charge in [-0.2, -0.15) is 5.06 Å². The van der Waals surface area contributed by atoms with Gasteiger partial charge in [-0.05, 0) is 40.5 Å². The maximum Gasteiger partial charge on any atom is 0.0576 e. The molecule has 1 fully saturated rings. The largest absolute Gasteiger partial charge is 0.393 e. The number of hydrogen-bond acceptors (Lipinski definition) is 3. The summed E-state index contributed by atoms with van der Waals surface area (Å²) in [4.78, 5) is 0. The Morgan fingerprint density at radius 2 is 1.38 bits per heavy atom. The normalized spacial score (nSPS) is 28.2. The third kappa shape index (κ3) is 2.70. The Morgan fingerprint density at radius 1 is 1.08 bits per heavy atom. The van der Waals surface area contributed by atoms with E-state index in [-0.39, 0.29) is 35.7 Å². The molecule has 1 aliphatic heterocycles. The minimum Gasteiger partial charge on any atom is -0.393 e. The molecular weight excluding hydrogens is 205 g/mol. The number of hydroxylamine groups is 2. The van der Waals surface area contributed by atoms with Gasteiger partial charge in [0.15, 0.2) is 0 Å². The maximum atomic E-state index is 9.80. The third-order valence-electron chi connectivity index (χ3n) is 2.62. The van der Waals surface area contributed by atoms with Crippen molar-refractivity contribution in [3.8, 4) is 0 Å². The van der Waals surface area contributed by atoms with Crippen molar-refractivity contribution in [3.63, 3.8) is 0 Å². The summed E-state index contributed by atoms with van der Waals surface area (Å²) in [6.45, 7) is 7.77. The molecule has 1 aliphatic rings. The first-order chi connectivity index (χ1) is 5.26. The molecule has 77 valence electrons. The van der Waals surface area contributed by atoms with Gasteiger partial charge in [0.05, 0.1) is 6.10 Å². The van der Waals surface area contributed by atoms with Crippen molar-refractivity contribution >= 4 is 0 Å². The van der Waals surface area contributed by atoms with Crippen LogP contribution in [0.2, 0.25) is 0 Å². The molecule has 0 amide bonds. The molecule has 0 aromatic heterocycles. The Balaban J connectivity index is 0.00000144. The fraction of sp³-hybridized carbons (Fsp3) is 1.00. The number of aliphatic hydroxyl groups is 1. The van der Waals surface area contributed by atoms with Crippen molar-refractivity contribution in [1.82, 2.24) is 5.06 Å². The van der Waals surface area contributed by atoms with Gasteiger partial charge < -0.3 is 10.3 Å². The molecule has 4 heteroatoms. The van der Waals surface area contributed by atoms with E-state index in [9.17, 15) is 10.3 Å². The molecule has 0 bridgehead atoms. The van der Waals surface area contributed by atoms with Crippen molar-refractivity contribution in [2.75, 3.05) is 0 Å². The third-order valence-corrected chi connectivity index (χ3v) is 2.62. The molecule has 0 aromatic rings. The van der Waals surface area contributed by atoms with Gasteiger partial charge >= 0.3 is 0 Å². The van der Waals surface area contributed by atoms with E-state index in [4.69, 9.17) is 0 Å². The van der Waals surface area contributed by atoms with Crippen LogP contribution in [0.15, 0.2) is 0 Å². The minimum absolute atomic E-state index is 0. The standard InChI is InChI=1S/C9H19NO2.V/c1-8(2)5-7(11)6-9(3,4)10(8)12;/h7,11-12H,5-6H2,1-4H3;. The van der Waals surface area contributed by atoms with Crippen LogP contribution in [0.3, 0.4) is 0 Å². The molecule has 2 N–H and O–H groups in total. The van der Waals surface area contributed by atoms with Gasteiger partial charge in [0.2, 0.25) is 0 Å². The molecule has 1 radical (unpaired) electrons. The smallest absolute Gasteiger partial charge is 0.0576 e. The summed E-state index contributed by atoms with van der Waals surface area (Å²) in [7, 11) is 0. The summed E-state index contributed by atoms with van der Waals surface area (Å²) in [5.41, 5.74) is -0.637. The Hall–Kier alpha value is 0.464. The first-order valence-corrected chi connectivity index (χ1v) is 4.43. The zero-order chi connectivity index (χ0) is 9.57. The second kappa shape index (κ2) is 3.91. The number of nitrogens with zero attached hydrogens (tertiary/aromatic N) is 1. The molecule has 0 unspecified atom stereocenters. The Labute approximate surface area is 92.0 Å². The summed E-state index contributed by atoms with van der Waals surface area (Å²) < 4.78 is 0. The van der Waals surface area contributed by atoms with Crippen molar-refractivity contribution < 1.29 is 28.9 Å². The second-order valence-corrected chi connectivity index (χ2v) is 5.00. The molecule has 1 rings (SSSR count). The number of aliphatic hydroxyl groups excluding tert-OH is 1. The Morgan fingerprint density at radius 3 is 1.69 bits per heavy atom. The van der Waals surface area contributed by atoms with Crippen LogP contribution < -0.4 is 0 Å². The molecule has 0 spiro atoms. The summed E-state index contributed by atoms with van der Waals surface area (Å²) in [5.74, 6) is 0. The molecule has 13 heavy (non-hydrogen) atoms. The summed E-state index contributed by atoms with van der Waals surface area (Å²) in [6.07, 6.45) is 0.971. The van der Waals surface area contributed by atoms with Crippen LogP contribution in [0.25, 0.3) is 0 Å². The molecule has 0 aliphatic carbocycles. The molecular formula is C9H19NO2V. The van der Waals surface area contributed by atoms with E-state index in [0.717, 1.165) is 0 Å². The van der Waals surface area contributed by atoms with Crippen LogP contribution in [0.4, 0.5) is 0 Å². The van der Waals surface area contributed by atoms with Crippen LogP contribution in [-0.4, -0.2) is 32.6 Å². The van der Waals surface area contributed by atoms with E-state index in [1.165, 1.54) is 5.06 Å². The Kier molecular flexibility index (Phi) is 4.05. The van der Waals surface area contributed by atoms with Gasteiger partial charge in [-0.1, -0.05) is 0 Å². The quantitative estimate of drug-likeness (QED) is 0.653. The molecule has 0 saturated carbocycles. The minimum atomic E-state index is -0.318. The van der Waals surface area contributed by atoms with Crippen molar-refractivity contribution in [2.45, 2.75) is 57.7 Å². The molecule has 0 aromatic carbocycles.